The van der Waals surface area contributed by atoms with Gasteiger partial charge in [-0.15, -0.1) is 0 Å². The van der Waals surface area contributed by atoms with E-state index in [4.69, 9.17) is 0 Å². The summed E-state index contributed by atoms with van der Waals surface area (Å²) in [6.45, 7) is 9.37. The molecule has 5 nitrogen and oxygen atoms in total. The van der Waals surface area contributed by atoms with Crippen LogP contribution >= 0.6 is 0 Å². The molecular formula is C17H34N4O. The Morgan fingerprint density at radius 1 is 1.09 bits per heavy atom. The number of hydrogen-bond donors (Lipinski definition) is 3. The van der Waals surface area contributed by atoms with Gasteiger partial charge >= 0.3 is 0 Å². The third-order valence-corrected chi connectivity index (χ3v) is 3.90. The summed E-state index contributed by atoms with van der Waals surface area (Å²) in [5.74, 6) is 2.17. The predicted molar refractivity (Wildman–Crippen MR) is 93.0 cm³/mol. The molecule has 3 N–H and O–H groups in total. The van der Waals surface area contributed by atoms with Crippen molar-refractivity contribution < 1.29 is 4.79 Å². The van der Waals surface area contributed by atoms with Crippen molar-refractivity contribution in [1.82, 2.24) is 16.0 Å². The van der Waals surface area contributed by atoms with E-state index in [0.717, 1.165) is 19.0 Å². The van der Waals surface area contributed by atoms with Gasteiger partial charge < -0.3 is 16.0 Å². The third kappa shape index (κ3) is 8.90. The van der Waals surface area contributed by atoms with Crippen molar-refractivity contribution in [2.45, 2.75) is 59.3 Å². The van der Waals surface area contributed by atoms with Crippen LogP contribution in [0.1, 0.15) is 59.3 Å². The molecule has 0 bridgehead atoms. The number of aliphatic imine (C=N–C) groups is 1. The SMILES string of the molecule is CCNC(=NCC(C)C)NCCNC(=O)CC1CCCCC1. The minimum absolute atomic E-state index is 0.192. The Balaban J connectivity index is 2.15. The van der Waals surface area contributed by atoms with E-state index in [9.17, 15) is 4.79 Å². The van der Waals surface area contributed by atoms with Crippen LogP contribution in [0.3, 0.4) is 0 Å². The van der Waals surface area contributed by atoms with E-state index in [2.05, 4.69) is 41.7 Å². The summed E-state index contributed by atoms with van der Waals surface area (Å²) < 4.78 is 0. The Hall–Kier alpha value is -1.26. The quantitative estimate of drug-likeness (QED) is 0.366. The molecule has 1 amide bonds. The summed E-state index contributed by atoms with van der Waals surface area (Å²) in [4.78, 5) is 16.4. The smallest absolute Gasteiger partial charge is 0.220 e. The highest BCUT2D eigenvalue weighted by Crippen LogP contribution is 2.25. The zero-order valence-electron chi connectivity index (χ0n) is 14.6. The summed E-state index contributed by atoms with van der Waals surface area (Å²) in [6.07, 6.45) is 7.05. The van der Waals surface area contributed by atoms with E-state index in [0.29, 0.717) is 31.3 Å². The van der Waals surface area contributed by atoms with E-state index in [1.165, 1.54) is 32.1 Å². The standard InChI is InChI=1S/C17H34N4O/c1-4-18-17(21-13-14(2)3)20-11-10-19-16(22)12-15-8-6-5-7-9-15/h14-15H,4-13H2,1-3H3,(H,19,22)(H2,18,20,21). The first-order chi connectivity index (χ1) is 10.6. The molecule has 0 unspecified atom stereocenters. The molecule has 0 aromatic rings. The second-order valence-electron chi connectivity index (χ2n) is 6.60. The van der Waals surface area contributed by atoms with Crippen molar-refractivity contribution in [2.75, 3.05) is 26.2 Å². The number of guanidine groups is 1. The second kappa shape index (κ2) is 11.3. The average molecular weight is 310 g/mol. The fraction of sp³-hybridized carbons (Fsp3) is 0.882. The minimum atomic E-state index is 0.192. The van der Waals surface area contributed by atoms with Gasteiger partial charge in [-0.1, -0.05) is 33.1 Å². The highest BCUT2D eigenvalue weighted by molar-refractivity contribution is 5.80. The molecule has 0 atom stereocenters. The number of nitrogens with zero attached hydrogens (tertiary/aromatic N) is 1. The number of hydrogen-bond acceptors (Lipinski definition) is 2. The summed E-state index contributed by atoms with van der Waals surface area (Å²) in [5.41, 5.74) is 0. The Morgan fingerprint density at radius 2 is 1.77 bits per heavy atom. The monoisotopic (exact) mass is 310 g/mol. The molecule has 1 saturated carbocycles. The molecule has 0 aromatic carbocycles. The van der Waals surface area contributed by atoms with Gasteiger partial charge in [-0.05, 0) is 31.6 Å². The van der Waals surface area contributed by atoms with Crippen LogP contribution in [0.2, 0.25) is 0 Å². The first-order valence-electron chi connectivity index (χ1n) is 8.90. The van der Waals surface area contributed by atoms with Crippen LogP contribution in [-0.4, -0.2) is 38.0 Å². The first-order valence-corrected chi connectivity index (χ1v) is 8.90. The molecule has 1 aliphatic rings. The number of carbonyl (C=O) groups excluding carboxylic acids is 1. The Morgan fingerprint density at radius 3 is 2.41 bits per heavy atom. The molecule has 1 rings (SSSR count). The van der Waals surface area contributed by atoms with E-state index >= 15 is 0 Å². The van der Waals surface area contributed by atoms with Gasteiger partial charge in [0.1, 0.15) is 0 Å². The van der Waals surface area contributed by atoms with Crippen molar-refractivity contribution in [3.05, 3.63) is 0 Å². The zero-order valence-corrected chi connectivity index (χ0v) is 14.6. The first kappa shape index (κ1) is 18.8. The lowest BCUT2D eigenvalue weighted by molar-refractivity contribution is -0.122. The van der Waals surface area contributed by atoms with Crippen LogP contribution in [0, 0.1) is 11.8 Å². The number of nitrogens with one attached hydrogen (secondary N) is 3. The topological polar surface area (TPSA) is 65.5 Å². The lowest BCUT2D eigenvalue weighted by Gasteiger charge is -2.20. The van der Waals surface area contributed by atoms with E-state index < -0.39 is 0 Å². The normalized spacial score (nSPS) is 16.6. The third-order valence-electron chi connectivity index (χ3n) is 3.90. The van der Waals surface area contributed by atoms with E-state index in [1.807, 2.05) is 0 Å². The summed E-state index contributed by atoms with van der Waals surface area (Å²) in [7, 11) is 0. The van der Waals surface area contributed by atoms with Gasteiger partial charge in [-0.2, -0.15) is 0 Å². The van der Waals surface area contributed by atoms with Crippen LogP contribution in [0.5, 0.6) is 0 Å². The minimum Gasteiger partial charge on any atom is -0.357 e. The maximum absolute atomic E-state index is 11.9. The van der Waals surface area contributed by atoms with Crippen molar-refractivity contribution in [1.29, 1.82) is 0 Å². The molecule has 0 aliphatic heterocycles. The zero-order chi connectivity index (χ0) is 16.2. The largest absolute Gasteiger partial charge is 0.357 e. The molecule has 22 heavy (non-hydrogen) atoms. The van der Waals surface area contributed by atoms with Gasteiger partial charge in [-0.3, -0.25) is 9.79 Å². The molecular weight excluding hydrogens is 276 g/mol. The Labute approximate surface area is 135 Å². The van der Waals surface area contributed by atoms with Crippen molar-refractivity contribution in [3.63, 3.8) is 0 Å². The molecule has 5 heteroatoms. The van der Waals surface area contributed by atoms with Crippen LogP contribution in [0.4, 0.5) is 0 Å². The molecule has 0 radical (unpaired) electrons. The van der Waals surface area contributed by atoms with Crippen LogP contribution in [0.25, 0.3) is 0 Å². The molecule has 128 valence electrons. The van der Waals surface area contributed by atoms with Gasteiger partial charge in [0, 0.05) is 32.6 Å². The fourth-order valence-electron chi connectivity index (χ4n) is 2.72. The molecule has 0 aromatic heterocycles. The lowest BCUT2D eigenvalue weighted by Crippen LogP contribution is -2.42. The van der Waals surface area contributed by atoms with Gasteiger partial charge in [-0.25, -0.2) is 0 Å². The lowest BCUT2D eigenvalue weighted by atomic mass is 9.87. The molecule has 1 fully saturated rings. The number of amides is 1. The summed E-state index contributed by atoms with van der Waals surface area (Å²) >= 11 is 0. The van der Waals surface area contributed by atoms with Gasteiger partial charge in [0.25, 0.3) is 0 Å². The van der Waals surface area contributed by atoms with Crippen molar-refractivity contribution in [3.8, 4) is 0 Å². The fourth-order valence-corrected chi connectivity index (χ4v) is 2.72. The summed E-state index contributed by atoms with van der Waals surface area (Å²) in [5, 5.41) is 9.49. The summed E-state index contributed by atoms with van der Waals surface area (Å²) in [6, 6.07) is 0. The molecule has 1 aliphatic carbocycles. The molecule has 0 heterocycles. The van der Waals surface area contributed by atoms with E-state index in [1.54, 1.807) is 0 Å². The van der Waals surface area contributed by atoms with Crippen molar-refractivity contribution >= 4 is 11.9 Å². The van der Waals surface area contributed by atoms with E-state index in [-0.39, 0.29) is 5.91 Å². The van der Waals surface area contributed by atoms with Gasteiger partial charge in [0.15, 0.2) is 5.96 Å². The highest BCUT2D eigenvalue weighted by atomic mass is 16.1. The second-order valence-corrected chi connectivity index (χ2v) is 6.60. The van der Waals surface area contributed by atoms with Gasteiger partial charge in [0.05, 0.1) is 0 Å². The van der Waals surface area contributed by atoms with Crippen LogP contribution < -0.4 is 16.0 Å². The van der Waals surface area contributed by atoms with Gasteiger partial charge in [0.2, 0.25) is 5.91 Å². The maximum Gasteiger partial charge on any atom is 0.220 e. The maximum atomic E-state index is 11.9. The van der Waals surface area contributed by atoms with Crippen LogP contribution in [-0.2, 0) is 4.79 Å². The van der Waals surface area contributed by atoms with Crippen LogP contribution in [0.15, 0.2) is 4.99 Å². The molecule has 0 spiro atoms. The average Bonchev–Trinajstić information content (AvgIpc) is 2.50. The highest BCUT2D eigenvalue weighted by Gasteiger charge is 2.16. The Kier molecular flexibility index (Phi) is 9.67. The predicted octanol–water partition coefficient (Wildman–Crippen LogP) is 2.28. The number of rotatable bonds is 8. The Bertz CT molecular complexity index is 336. The molecule has 0 saturated heterocycles. The van der Waals surface area contributed by atoms with Crippen molar-refractivity contribution in [2.24, 2.45) is 16.8 Å². The number of carbonyl (C=O) groups is 1.